The molecule has 152 valence electrons. The fourth-order valence-corrected chi connectivity index (χ4v) is 3.55. The molecule has 0 fully saturated rings. The van der Waals surface area contributed by atoms with Crippen LogP contribution in [0.15, 0.2) is 48.8 Å². The zero-order valence-electron chi connectivity index (χ0n) is 16.0. The van der Waals surface area contributed by atoms with E-state index in [4.69, 9.17) is 4.74 Å². The molecule has 3 heterocycles. The molecular weight excluding hydrogens is 381 g/mol. The van der Waals surface area contributed by atoms with Crippen molar-refractivity contribution < 1.29 is 17.9 Å². The maximum absolute atomic E-state index is 12.8. The number of benzene rings is 1. The average molecular weight is 402 g/mol. The van der Waals surface area contributed by atoms with E-state index in [1.807, 2.05) is 36.5 Å². The molecule has 8 heteroatoms. The summed E-state index contributed by atoms with van der Waals surface area (Å²) in [5.74, 6) is -0.234. The first-order valence-corrected chi connectivity index (χ1v) is 9.33. The van der Waals surface area contributed by atoms with Crippen molar-refractivity contribution in [1.29, 1.82) is 0 Å². The van der Waals surface area contributed by atoms with Crippen LogP contribution in [-0.4, -0.2) is 33.1 Å². The predicted molar refractivity (Wildman–Crippen MR) is 101 cm³/mol. The van der Waals surface area contributed by atoms with Gasteiger partial charge in [-0.1, -0.05) is 12.1 Å². The highest BCUT2D eigenvalue weighted by Gasteiger charge is 2.35. The van der Waals surface area contributed by atoms with Crippen LogP contribution in [0.3, 0.4) is 0 Å². The van der Waals surface area contributed by atoms with Gasteiger partial charge >= 0.3 is 6.18 Å². The lowest BCUT2D eigenvalue weighted by atomic mass is 10.1. The first-order chi connectivity index (χ1) is 13.9. The Labute approximate surface area is 166 Å². The van der Waals surface area contributed by atoms with Gasteiger partial charge in [0.2, 0.25) is 5.82 Å². The van der Waals surface area contributed by atoms with E-state index < -0.39 is 12.0 Å². The van der Waals surface area contributed by atoms with Gasteiger partial charge in [-0.25, -0.2) is 9.97 Å². The highest BCUT2D eigenvalue weighted by atomic mass is 19.4. The Morgan fingerprint density at radius 3 is 2.62 bits per heavy atom. The Balaban J connectivity index is 1.44. The van der Waals surface area contributed by atoms with Crippen LogP contribution in [0.5, 0.6) is 5.75 Å². The topological polar surface area (TPSA) is 43.2 Å². The minimum atomic E-state index is -4.51. The summed E-state index contributed by atoms with van der Waals surface area (Å²) in [6.07, 6.45) is -0.668. The van der Waals surface area contributed by atoms with Crippen LogP contribution in [0, 0.1) is 0 Å². The van der Waals surface area contributed by atoms with Gasteiger partial charge in [0.15, 0.2) is 0 Å². The van der Waals surface area contributed by atoms with Crippen molar-refractivity contribution in [2.75, 3.05) is 13.7 Å². The molecule has 0 bridgehead atoms. The zero-order valence-corrected chi connectivity index (χ0v) is 16.0. The Morgan fingerprint density at radius 1 is 1.10 bits per heavy atom. The van der Waals surface area contributed by atoms with Crippen molar-refractivity contribution in [3.05, 3.63) is 77.1 Å². The molecule has 0 spiro atoms. The van der Waals surface area contributed by atoms with Crippen molar-refractivity contribution in [3.8, 4) is 5.75 Å². The van der Waals surface area contributed by atoms with Crippen LogP contribution in [0.4, 0.5) is 13.2 Å². The maximum atomic E-state index is 12.8. The van der Waals surface area contributed by atoms with Crippen LogP contribution in [-0.2, 0) is 32.2 Å². The van der Waals surface area contributed by atoms with Crippen LogP contribution >= 0.6 is 0 Å². The molecule has 0 aliphatic carbocycles. The molecule has 0 atom stereocenters. The lowest BCUT2D eigenvalue weighted by molar-refractivity contribution is -0.145. The molecule has 0 unspecified atom stereocenters. The molecule has 2 aromatic heterocycles. The van der Waals surface area contributed by atoms with Gasteiger partial charge in [-0.3, -0.25) is 4.90 Å². The SMILES string of the molecule is COc1ccc(Cn2cccc2CN2CCc3nc(C(F)(F)F)ncc3C2)cc1. The van der Waals surface area contributed by atoms with Gasteiger partial charge < -0.3 is 9.30 Å². The zero-order chi connectivity index (χ0) is 20.4. The number of fused-ring (bicyclic) bond motifs is 1. The molecule has 1 aliphatic rings. The van der Waals surface area contributed by atoms with Crippen molar-refractivity contribution in [3.63, 3.8) is 0 Å². The van der Waals surface area contributed by atoms with Gasteiger partial charge in [0.1, 0.15) is 5.75 Å². The van der Waals surface area contributed by atoms with E-state index in [0.717, 1.165) is 23.6 Å². The minimum absolute atomic E-state index is 0.486. The third-order valence-electron chi connectivity index (χ3n) is 5.09. The second-order valence-corrected chi connectivity index (χ2v) is 7.10. The Kier molecular flexibility index (Phi) is 5.27. The van der Waals surface area contributed by atoms with Gasteiger partial charge in [0, 0.05) is 56.3 Å². The third kappa shape index (κ3) is 4.42. The van der Waals surface area contributed by atoms with Crippen LogP contribution < -0.4 is 4.74 Å². The van der Waals surface area contributed by atoms with E-state index in [1.54, 1.807) is 7.11 Å². The number of hydrogen-bond donors (Lipinski definition) is 0. The molecule has 29 heavy (non-hydrogen) atoms. The molecule has 1 aromatic carbocycles. The van der Waals surface area contributed by atoms with E-state index >= 15 is 0 Å². The number of aromatic nitrogens is 3. The second-order valence-electron chi connectivity index (χ2n) is 7.10. The number of methoxy groups -OCH3 is 1. The number of ether oxygens (including phenoxy) is 1. The Hall–Kier alpha value is -2.87. The molecular formula is C21H21F3N4O. The molecule has 0 N–H and O–H groups in total. The smallest absolute Gasteiger partial charge is 0.451 e. The summed E-state index contributed by atoms with van der Waals surface area (Å²) >= 11 is 0. The largest absolute Gasteiger partial charge is 0.497 e. The lowest BCUT2D eigenvalue weighted by Crippen LogP contribution is -2.32. The van der Waals surface area contributed by atoms with E-state index in [0.29, 0.717) is 31.7 Å². The van der Waals surface area contributed by atoms with Gasteiger partial charge in [0.05, 0.1) is 12.8 Å². The number of alkyl halides is 3. The standard InChI is InChI=1S/C21H21F3N4O/c1-29-18-6-4-15(5-7-18)12-28-9-2-3-17(28)14-27-10-8-19-16(13-27)11-25-20(26-19)21(22,23)24/h2-7,9,11H,8,10,12-14H2,1H3. The Bertz CT molecular complexity index is 982. The lowest BCUT2D eigenvalue weighted by Gasteiger charge is -2.28. The highest BCUT2D eigenvalue weighted by Crippen LogP contribution is 2.28. The van der Waals surface area contributed by atoms with Crippen LogP contribution in [0.25, 0.3) is 0 Å². The Morgan fingerprint density at radius 2 is 1.90 bits per heavy atom. The summed E-state index contributed by atoms with van der Waals surface area (Å²) in [6, 6.07) is 12.0. The van der Waals surface area contributed by atoms with Crippen molar-refractivity contribution in [2.45, 2.75) is 32.2 Å². The number of nitrogens with zero attached hydrogens (tertiary/aromatic N) is 4. The van der Waals surface area contributed by atoms with Crippen molar-refractivity contribution in [2.24, 2.45) is 0 Å². The summed E-state index contributed by atoms with van der Waals surface area (Å²) < 4.78 is 45.8. The molecule has 5 nitrogen and oxygen atoms in total. The first kappa shape index (κ1) is 19.4. The minimum Gasteiger partial charge on any atom is -0.497 e. The van der Waals surface area contributed by atoms with Gasteiger partial charge in [-0.15, -0.1) is 0 Å². The summed E-state index contributed by atoms with van der Waals surface area (Å²) in [7, 11) is 1.64. The summed E-state index contributed by atoms with van der Waals surface area (Å²) in [5.41, 5.74) is 3.58. The van der Waals surface area contributed by atoms with E-state index in [1.165, 1.54) is 11.8 Å². The highest BCUT2D eigenvalue weighted by molar-refractivity contribution is 5.28. The molecule has 0 saturated heterocycles. The van der Waals surface area contributed by atoms with Gasteiger partial charge in [0.25, 0.3) is 0 Å². The summed E-state index contributed by atoms with van der Waals surface area (Å²) in [6.45, 7) is 2.66. The first-order valence-electron chi connectivity index (χ1n) is 9.33. The molecule has 0 amide bonds. The van der Waals surface area contributed by atoms with Crippen molar-refractivity contribution >= 4 is 0 Å². The monoisotopic (exact) mass is 402 g/mol. The van der Waals surface area contributed by atoms with E-state index in [9.17, 15) is 13.2 Å². The fourth-order valence-electron chi connectivity index (χ4n) is 3.55. The van der Waals surface area contributed by atoms with Crippen LogP contribution in [0.2, 0.25) is 0 Å². The van der Waals surface area contributed by atoms with E-state index in [2.05, 4.69) is 25.5 Å². The molecule has 0 saturated carbocycles. The normalized spacial score (nSPS) is 14.6. The fraction of sp³-hybridized carbons (Fsp3) is 0.333. The number of hydrogen-bond acceptors (Lipinski definition) is 4. The van der Waals surface area contributed by atoms with Crippen molar-refractivity contribution in [1.82, 2.24) is 19.4 Å². The quantitative estimate of drug-likeness (QED) is 0.649. The van der Waals surface area contributed by atoms with Gasteiger partial charge in [-0.2, -0.15) is 13.2 Å². The predicted octanol–water partition coefficient (Wildman–Crippen LogP) is 3.91. The van der Waals surface area contributed by atoms with Crippen LogP contribution in [0.1, 0.15) is 28.3 Å². The average Bonchev–Trinajstić information content (AvgIpc) is 3.14. The molecule has 1 aliphatic heterocycles. The third-order valence-corrected chi connectivity index (χ3v) is 5.09. The second kappa shape index (κ2) is 7.87. The number of halogens is 3. The molecule has 0 radical (unpaired) electrons. The summed E-state index contributed by atoms with van der Waals surface area (Å²) in [5, 5.41) is 0. The number of rotatable bonds is 5. The van der Waals surface area contributed by atoms with Gasteiger partial charge in [-0.05, 0) is 29.8 Å². The maximum Gasteiger partial charge on any atom is 0.451 e. The summed E-state index contributed by atoms with van der Waals surface area (Å²) in [4.78, 5) is 9.44. The molecule has 4 rings (SSSR count). The molecule has 3 aromatic rings. The van der Waals surface area contributed by atoms with E-state index in [-0.39, 0.29) is 0 Å².